The van der Waals surface area contributed by atoms with Crippen LogP contribution in [0.25, 0.3) is 0 Å². The van der Waals surface area contributed by atoms with Gasteiger partial charge in [0, 0.05) is 12.2 Å². The topological polar surface area (TPSA) is 53.2 Å². The Bertz CT molecular complexity index is 615. The number of carbonyl (C=O) groups excluding carboxylic acids is 1. The number of halogens is 1. The Labute approximate surface area is 122 Å². The minimum Gasteiger partial charge on any atom is -0.326 e. The van der Waals surface area contributed by atoms with Crippen molar-refractivity contribution in [2.24, 2.45) is 5.92 Å². The highest BCUT2D eigenvalue weighted by molar-refractivity contribution is 5.93. The molecule has 0 aliphatic carbocycles. The molecule has 1 amide bonds. The SMILES string of the molecule is O=C(Nc1ccccc1)C1CNNC1c1ccc(F)cc1. The van der Waals surface area contributed by atoms with Crippen LogP contribution in [0.2, 0.25) is 0 Å². The van der Waals surface area contributed by atoms with Crippen molar-refractivity contribution in [3.05, 3.63) is 66.0 Å². The van der Waals surface area contributed by atoms with Gasteiger partial charge in [0.1, 0.15) is 5.82 Å². The summed E-state index contributed by atoms with van der Waals surface area (Å²) in [6, 6.07) is 15.4. The molecular weight excluding hydrogens is 269 g/mol. The molecule has 0 aromatic heterocycles. The molecule has 1 fully saturated rings. The molecule has 1 heterocycles. The fourth-order valence-corrected chi connectivity index (χ4v) is 2.48. The van der Waals surface area contributed by atoms with E-state index in [1.807, 2.05) is 30.3 Å². The molecule has 4 nitrogen and oxygen atoms in total. The molecule has 2 aromatic rings. The van der Waals surface area contributed by atoms with Gasteiger partial charge in [0.05, 0.1) is 12.0 Å². The molecule has 5 heteroatoms. The van der Waals surface area contributed by atoms with Crippen LogP contribution in [-0.2, 0) is 4.79 Å². The van der Waals surface area contributed by atoms with E-state index in [0.717, 1.165) is 11.3 Å². The van der Waals surface area contributed by atoms with E-state index in [4.69, 9.17) is 0 Å². The van der Waals surface area contributed by atoms with Crippen LogP contribution in [0, 0.1) is 11.7 Å². The highest BCUT2D eigenvalue weighted by Gasteiger charge is 2.33. The Morgan fingerprint density at radius 2 is 1.81 bits per heavy atom. The molecule has 2 aromatic carbocycles. The molecule has 3 N–H and O–H groups in total. The van der Waals surface area contributed by atoms with Crippen LogP contribution in [0.3, 0.4) is 0 Å². The number of hydrogen-bond acceptors (Lipinski definition) is 3. The maximum absolute atomic E-state index is 13.0. The largest absolute Gasteiger partial charge is 0.326 e. The normalized spacial score (nSPS) is 21.2. The van der Waals surface area contributed by atoms with Gasteiger partial charge in [0.25, 0.3) is 0 Å². The van der Waals surface area contributed by atoms with Crippen LogP contribution in [0.1, 0.15) is 11.6 Å². The second-order valence-electron chi connectivity index (χ2n) is 5.02. The van der Waals surface area contributed by atoms with Crippen LogP contribution in [-0.4, -0.2) is 12.5 Å². The second-order valence-corrected chi connectivity index (χ2v) is 5.02. The first-order chi connectivity index (χ1) is 10.2. The zero-order valence-corrected chi connectivity index (χ0v) is 11.3. The summed E-state index contributed by atoms with van der Waals surface area (Å²) in [5, 5.41) is 2.90. The van der Waals surface area contributed by atoms with Gasteiger partial charge in [0.2, 0.25) is 5.91 Å². The first kappa shape index (κ1) is 13.7. The standard InChI is InChI=1S/C16H16FN3O/c17-12-8-6-11(7-9-12)15-14(10-18-20-15)16(21)19-13-4-2-1-3-5-13/h1-9,14-15,18,20H,10H2,(H,19,21). The zero-order chi connectivity index (χ0) is 14.7. The number of carbonyl (C=O) groups is 1. The van der Waals surface area contributed by atoms with Gasteiger partial charge in [-0.15, -0.1) is 0 Å². The molecule has 1 saturated heterocycles. The molecule has 0 spiro atoms. The third-order valence-electron chi connectivity index (χ3n) is 3.59. The molecule has 2 atom stereocenters. The molecule has 3 rings (SSSR count). The predicted octanol–water partition coefficient (Wildman–Crippen LogP) is 2.23. The van der Waals surface area contributed by atoms with Gasteiger partial charge in [-0.05, 0) is 29.8 Å². The van der Waals surface area contributed by atoms with E-state index in [1.165, 1.54) is 12.1 Å². The summed E-state index contributed by atoms with van der Waals surface area (Å²) in [5.41, 5.74) is 7.73. The van der Waals surface area contributed by atoms with Crippen molar-refractivity contribution >= 4 is 11.6 Å². The van der Waals surface area contributed by atoms with Crippen LogP contribution in [0.15, 0.2) is 54.6 Å². The lowest BCUT2D eigenvalue weighted by Crippen LogP contribution is -2.29. The zero-order valence-electron chi connectivity index (χ0n) is 11.3. The van der Waals surface area contributed by atoms with Gasteiger partial charge in [-0.2, -0.15) is 0 Å². The molecule has 21 heavy (non-hydrogen) atoms. The number of benzene rings is 2. The first-order valence-electron chi connectivity index (χ1n) is 6.84. The molecule has 0 radical (unpaired) electrons. The van der Waals surface area contributed by atoms with Crippen molar-refractivity contribution in [3.63, 3.8) is 0 Å². The van der Waals surface area contributed by atoms with Gasteiger partial charge in [-0.3, -0.25) is 10.2 Å². The summed E-state index contributed by atoms with van der Waals surface area (Å²) in [7, 11) is 0. The second kappa shape index (κ2) is 6.03. The monoisotopic (exact) mass is 285 g/mol. The average Bonchev–Trinajstić information content (AvgIpc) is 2.98. The van der Waals surface area contributed by atoms with Crippen molar-refractivity contribution in [3.8, 4) is 0 Å². The summed E-state index contributed by atoms with van der Waals surface area (Å²) in [6.45, 7) is 0.528. The maximum atomic E-state index is 13.0. The third-order valence-corrected chi connectivity index (χ3v) is 3.59. The lowest BCUT2D eigenvalue weighted by Gasteiger charge is -2.18. The van der Waals surface area contributed by atoms with Crippen LogP contribution < -0.4 is 16.2 Å². The predicted molar refractivity (Wildman–Crippen MR) is 78.8 cm³/mol. The van der Waals surface area contributed by atoms with E-state index in [-0.39, 0.29) is 23.7 Å². The van der Waals surface area contributed by atoms with Crippen molar-refractivity contribution in [1.29, 1.82) is 0 Å². The molecule has 0 bridgehead atoms. The highest BCUT2D eigenvalue weighted by atomic mass is 19.1. The highest BCUT2D eigenvalue weighted by Crippen LogP contribution is 2.26. The number of hydrogen-bond donors (Lipinski definition) is 3. The third kappa shape index (κ3) is 3.09. The molecular formula is C16H16FN3O. The van der Waals surface area contributed by atoms with Gasteiger partial charge < -0.3 is 5.32 Å². The Kier molecular flexibility index (Phi) is 3.94. The van der Waals surface area contributed by atoms with Gasteiger partial charge in [-0.1, -0.05) is 30.3 Å². The molecule has 1 aliphatic rings. The average molecular weight is 285 g/mol. The smallest absolute Gasteiger partial charge is 0.230 e. The first-order valence-corrected chi connectivity index (χ1v) is 6.84. The van der Waals surface area contributed by atoms with E-state index in [2.05, 4.69) is 16.2 Å². The van der Waals surface area contributed by atoms with E-state index in [0.29, 0.717) is 6.54 Å². The van der Waals surface area contributed by atoms with E-state index in [9.17, 15) is 9.18 Å². The number of hydrazine groups is 1. The van der Waals surface area contributed by atoms with Crippen molar-refractivity contribution in [2.45, 2.75) is 6.04 Å². The fraction of sp³-hybridized carbons (Fsp3) is 0.188. The number of amides is 1. The number of nitrogens with one attached hydrogen (secondary N) is 3. The summed E-state index contributed by atoms with van der Waals surface area (Å²) >= 11 is 0. The summed E-state index contributed by atoms with van der Waals surface area (Å²) in [4.78, 5) is 12.4. The molecule has 0 saturated carbocycles. The van der Waals surface area contributed by atoms with Crippen molar-refractivity contribution < 1.29 is 9.18 Å². The molecule has 2 unspecified atom stereocenters. The lowest BCUT2D eigenvalue weighted by atomic mass is 9.94. The number of anilines is 1. The lowest BCUT2D eigenvalue weighted by molar-refractivity contribution is -0.119. The van der Waals surface area contributed by atoms with Crippen LogP contribution in [0.4, 0.5) is 10.1 Å². The van der Waals surface area contributed by atoms with Gasteiger partial charge in [-0.25, -0.2) is 9.82 Å². The number of para-hydroxylation sites is 1. The van der Waals surface area contributed by atoms with Crippen LogP contribution in [0.5, 0.6) is 0 Å². The Balaban J connectivity index is 1.74. The van der Waals surface area contributed by atoms with Crippen molar-refractivity contribution in [1.82, 2.24) is 10.9 Å². The molecule has 1 aliphatic heterocycles. The van der Waals surface area contributed by atoms with Crippen LogP contribution >= 0.6 is 0 Å². The quantitative estimate of drug-likeness (QED) is 0.810. The number of rotatable bonds is 3. The van der Waals surface area contributed by atoms with Crippen molar-refractivity contribution in [2.75, 3.05) is 11.9 Å². The van der Waals surface area contributed by atoms with Gasteiger partial charge in [0.15, 0.2) is 0 Å². The minimum absolute atomic E-state index is 0.0620. The van der Waals surface area contributed by atoms with Gasteiger partial charge >= 0.3 is 0 Å². The summed E-state index contributed by atoms with van der Waals surface area (Å²) in [6.07, 6.45) is 0. The Hall–Kier alpha value is -2.24. The summed E-state index contributed by atoms with van der Waals surface area (Å²) < 4.78 is 13.0. The maximum Gasteiger partial charge on any atom is 0.230 e. The minimum atomic E-state index is -0.282. The Morgan fingerprint density at radius 1 is 1.10 bits per heavy atom. The molecule has 108 valence electrons. The fourth-order valence-electron chi connectivity index (χ4n) is 2.48. The van der Waals surface area contributed by atoms with E-state index in [1.54, 1.807) is 12.1 Å². The summed E-state index contributed by atoms with van der Waals surface area (Å²) in [5.74, 6) is -0.598. The van der Waals surface area contributed by atoms with E-state index >= 15 is 0 Å². The Morgan fingerprint density at radius 3 is 2.52 bits per heavy atom. The van der Waals surface area contributed by atoms with E-state index < -0.39 is 0 Å².